The first-order chi connectivity index (χ1) is 14.2. The van der Waals surface area contributed by atoms with Gasteiger partial charge in [-0.25, -0.2) is 0 Å². The molecule has 0 radical (unpaired) electrons. The number of pyridine rings is 1. The van der Waals surface area contributed by atoms with Crippen molar-refractivity contribution in [2.45, 2.75) is 45.6 Å². The topological polar surface area (TPSA) is 70.6 Å². The summed E-state index contributed by atoms with van der Waals surface area (Å²) in [6.45, 7) is 6.79. The van der Waals surface area contributed by atoms with Crippen molar-refractivity contribution < 1.29 is 14.4 Å². The van der Waals surface area contributed by atoms with Crippen molar-refractivity contribution in [3.05, 3.63) is 65.5 Å². The number of rotatable bonds is 7. The molecule has 0 saturated carbocycles. The summed E-state index contributed by atoms with van der Waals surface area (Å²) in [6, 6.07) is 11.1. The number of benzene rings is 1. The lowest BCUT2D eigenvalue weighted by Gasteiger charge is -2.31. The van der Waals surface area contributed by atoms with Gasteiger partial charge in [0, 0.05) is 38.8 Å². The van der Waals surface area contributed by atoms with Crippen molar-refractivity contribution in [1.82, 2.24) is 14.8 Å². The standard InChI is InChI=1S/C24H29N3O3/c1-17(2)15-26(4)21(28)13-24(20-8-6-5-7-18(20)3)14-22(29)27(23(24)30)16-19-9-11-25-12-10-19/h5-12,17H,13-16H2,1-4H3/t24-/m0/s1. The molecule has 0 bridgehead atoms. The molecule has 0 spiro atoms. The van der Waals surface area contributed by atoms with Crippen molar-refractivity contribution >= 4 is 17.7 Å². The van der Waals surface area contributed by atoms with E-state index >= 15 is 0 Å². The summed E-state index contributed by atoms with van der Waals surface area (Å²) in [5.74, 6) is -0.361. The number of hydrogen-bond acceptors (Lipinski definition) is 4. The molecule has 0 aliphatic carbocycles. The predicted molar refractivity (Wildman–Crippen MR) is 114 cm³/mol. The van der Waals surface area contributed by atoms with E-state index in [0.717, 1.165) is 16.7 Å². The van der Waals surface area contributed by atoms with Crippen LogP contribution in [0.15, 0.2) is 48.8 Å². The zero-order chi connectivity index (χ0) is 21.9. The van der Waals surface area contributed by atoms with Gasteiger partial charge in [0.2, 0.25) is 17.7 Å². The van der Waals surface area contributed by atoms with Crippen LogP contribution in [0.1, 0.15) is 43.4 Å². The fourth-order valence-electron chi connectivity index (χ4n) is 4.23. The van der Waals surface area contributed by atoms with Gasteiger partial charge in [-0.2, -0.15) is 0 Å². The molecule has 1 aliphatic heterocycles. The average molecular weight is 408 g/mol. The number of nitrogens with zero attached hydrogens (tertiary/aromatic N) is 3. The van der Waals surface area contributed by atoms with Crippen LogP contribution in [0.3, 0.4) is 0 Å². The second-order valence-corrected chi connectivity index (χ2v) is 8.56. The largest absolute Gasteiger partial charge is 0.345 e. The average Bonchev–Trinajstić information content (AvgIpc) is 2.93. The minimum atomic E-state index is -1.17. The first-order valence-electron chi connectivity index (χ1n) is 10.3. The number of aromatic nitrogens is 1. The fraction of sp³-hybridized carbons (Fsp3) is 0.417. The molecule has 0 unspecified atom stereocenters. The molecule has 6 nitrogen and oxygen atoms in total. The second-order valence-electron chi connectivity index (χ2n) is 8.56. The van der Waals surface area contributed by atoms with Crippen molar-refractivity contribution in [3.63, 3.8) is 0 Å². The Bertz CT molecular complexity index is 942. The van der Waals surface area contributed by atoms with Gasteiger partial charge in [0.1, 0.15) is 0 Å². The fourth-order valence-corrected chi connectivity index (χ4v) is 4.23. The van der Waals surface area contributed by atoms with Crippen LogP contribution in [0.2, 0.25) is 0 Å². The lowest BCUT2D eigenvalue weighted by Crippen LogP contribution is -2.43. The van der Waals surface area contributed by atoms with Crippen LogP contribution in [-0.4, -0.2) is 46.1 Å². The molecule has 0 N–H and O–H groups in total. The van der Waals surface area contributed by atoms with Crippen molar-refractivity contribution in [2.75, 3.05) is 13.6 Å². The number of amides is 3. The van der Waals surface area contributed by atoms with E-state index in [1.807, 2.05) is 45.0 Å². The Kier molecular flexibility index (Phi) is 6.34. The van der Waals surface area contributed by atoms with Gasteiger partial charge in [-0.15, -0.1) is 0 Å². The molecule has 3 rings (SSSR count). The lowest BCUT2D eigenvalue weighted by atomic mass is 9.74. The summed E-state index contributed by atoms with van der Waals surface area (Å²) in [6.07, 6.45) is 3.26. The molecule has 1 aliphatic rings. The van der Waals surface area contributed by atoms with Gasteiger partial charge in [0.25, 0.3) is 0 Å². The van der Waals surface area contributed by atoms with Crippen LogP contribution in [-0.2, 0) is 26.3 Å². The van der Waals surface area contributed by atoms with Gasteiger partial charge in [0.05, 0.1) is 12.0 Å². The summed E-state index contributed by atoms with van der Waals surface area (Å²) in [4.78, 5) is 46.7. The smallest absolute Gasteiger partial charge is 0.241 e. The number of imide groups is 1. The number of carbonyl (C=O) groups is 3. The highest BCUT2D eigenvalue weighted by molar-refractivity contribution is 6.10. The normalized spacial score (nSPS) is 18.9. The lowest BCUT2D eigenvalue weighted by molar-refractivity contribution is -0.143. The molecule has 1 fully saturated rings. The van der Waals surface area contributed by atoms with Crippen molar-refractivity contribution in [1.29, 1.82) is 0 Å². The first-order valence-corrected chi connectivity index (χ1v) is 10.3. The van der Waals surface area contributed by atoms with Crippen LogP contribution < -0.4 is 0 Å². The summed E-state index contributed by atoms with van der Waals surface area (Å²) in [5, 5.41) is 0. The molecule has 2 heterocycles. The van der Waals surface area contributed by atoms with E-state index in [1.54, 1.807) is 36.5 Å². The first kappa shape index (κ1) is 21.7. The van der Waals surface area contributed by atoms with Crippen LogP contribution in [0.4, 0.5) is 0 Å². The Morgan fingerprint density at radius 3 is 2.47 bits per heavy atom. The minimum absolute atomic E-state index is 0.00300. The second kappa shape index (κ2) is 8.78. The summed E-state index contributed by atoms with van der Waals surface area (Å²) >= 11 is 0. The summed E-state index contributed by atoms with van der Waals surface area (Å²) in [7, 11) is 1.75. The third kappa shape index (κ3) is 4.27. The van der Waals surface area contributed by atoms with Crippen molar-refractivity contribution in [2.24, 2.45) is 5.92 Å². The van der Waals surface area contributed by atoms with E-state index < -0.39 is 5.41 Å². The highest BCUT2D eigenvalue weighted by Crippen LogP contribution is 2.42. The van der Waals surface area contributed by atoms with Crippen LogP contribution in [0.25, 0.3) is 0 Å². The molecule has 1 aromatic heterocycles. The molecule has 1 aromatic carbocycles. The molecule has 158 valence electrons. The number of likely N-dealkylation sites (tertiary alicyclic amines) is 1. The SMILES string of the molecule is Cc1ccccc1[C@]1(CC(=O)N(C)CC(C)C)CC(=O)N(Cc2ccncc2)C1=O. The van der Waals surface area contributed by atoms with E-state index in [2.05, 4.69) is 4.98 Å². The molecule has 3 amide bonds. The number of carbonyl (C=O) groups excluding carboxylic acids is 3. The Hall–Kier alpha value is -3.02. The van der Waals surface area contributed by atoms with Crippen LogP contribution >= 0.6 is 0 Å². The maximum Gasteiger partial charge on any atom is 0.241 e. The highest BCUT2D eigenvalue weighted by Gasteiger charge is 2.54. The van der Waals surface area contributed by atoms with E-state index in [4.69, 9.17) is 0 Å². The minimum Gasteiger partial charge on any atom is -0.345 e. The Labute approximate surface area is 177 Å². The maximum absolute atomic E-state index is 13.7. The van der Waals surface area contributed by atoms with E-state index in [-0.39, 0.29) is 37.1 Å². The van der Waals surface area contributed by atoms with E-state index in [0.29, 0.717) is 12.5 Å². The Morgan fingerprint density at radius 2 is 1.83 bits per heavy atom. The third-order valence-corrected chi connectivity index (χ3v) is 5.68. The molecule has 1 atom stereocenters. The van der Waals surface area contributed by atoms with Gasteiger partial charge in [-0.05, 0) is 41.7 Å². The Balaban J connectivity index is 1.98. The molecule has 6 heteroatoms. The van der Waals surface area contributed by atoms with Crippen molar-refractivity contribution in [3.8, 4) is 0 Å². The summed E-state index contributed by atoms with van der Waals surface area (Å²) < 4.78 is 0. The monoisotopic (exact) mass is 407 g/mol. The number of hydrogen-bond donors (Lipinski definition) is 0. The van der Waals surface area contributed by atoms with Gasteiger partial charge >= 0.3 is 0 Å². The van der Waals surface area contributed by atoms with Gasteiger partial charge < -0.3 is 4.90 Å². The highest BCUT2D eigenvalue weighted by atomic mass is 16.2. The van der Waals surface area contributed by atoms with E-state index in [1.165, 1.54) is 4.90 Å². The van der Waals surface area contributed by atoms with Gasteiger partial charge in [-0.1, -0.05) is 38.1 Å². The van der Waals surface area contributed by atoms with Gasteiger partial charge in [-0.3, -0.25) is 24.3 Å². The zero-order valence-electron chi connectivity index (χ0n) is 18.1. The molecule has 30 heavy (non-hydrogen) atoms. The molecule has 1 saturated heterocycles. The molecular weight excluding hydrogens is 378 g/mol. The van der Waals surface area contributed by atoms with Crippen LogP contribution in [0.5, 0.6) is 0 Å². The zero-order valence-corrected chi connectivity index (χ0v) is 18.1. The summed E-state index contributed by atoms with van der Waals surface area (Å²) in [5.41, 5.74) is 1.32. The number of aryl methyl sites for hydroxylation is 1. The predicted octanol–water partition coefficient (Wildman–Crippen LogP) is 3.09. The maximum atomic E-state index is 13.7. The third-order valence-electron chi connectivity index (χ3n) is 5.68. The molecule has 2 aromatic rings. The van der Waals surface area contributed by atoms with Gasteiger partial charge in [0.15, 0.2) is 0 Å². The molecular formula is C24H29N3O3. The Morgan fingerprint density at radius 1 is 1.17 bits per heavy atom. The van der Waals surface area contributed by atoms with E-state index in [9.17, 15) is 14.4 Å². The van der Waals surface area contributed by atoms with Crippen LogP contribution in [0, 0.1) is 12.8 Å². The quantitative estimate of drug-likeness (QED) is 0.662.